The van der Waals surface area contributed by atoms with E-state index in [0.29, 0.717) is 17.9 Å². The zero-order valence-corrected chi connectivity index (χ0v) is 18.7. The van der Waals surface area contributed by atoms with Gasteiger partial charge < -0.3 is 25.5 Å². The summed E-state index contributed by atoms with van der Waals surface area (Å²) in [5.74, 6) is -2.72. The van der Waals surface area contributed by atoms with Gasteiger partial charge in [-0.2, -0.15) is 5.26 Å². The number of hydrogen-bond acceptors (Lipinski definition) is 7. The second kappa shape index (κ2) is 8.88. The highest BCUT2D eigenvalue weighted by Crippen LogP contribution is 2.51. The zero-order valence-electron chi connectivity index (χ0n) is 17.9. The predicted octanol–water partition coefficient (Wildman–Crippen LogP) is -0.270. The summed E-state index contributed by atoms with van der Waals surface area (Å²) in [6.45, 7) is 4.16. The number of hydrogen-bond donors (Lipinski definition) is 3. The molecule has 10 nitrogen and oxygen atoms in total. The third kappa shape index (κ3) is 4.14. The fraction of sp³-hybridized carbons (Fsp3) is 0.650. The monoisotopic (exact) mass is 449 g/mol. The first-order chi connectivity index (χ1) is 14.6. The Hall–Kier alpha value is -2.58. The van der Waals surface area contributed by atoms with Gasteiger partial charge in [0.2, 0.25) is 17.7 Å². The Kier molecular flexibility index (Phi) is 6.62. The molecule has 0 aromatic rings. The molecule has 3 rings (SSSR count). The average Bonchev–Trinajstić information content (AvgIpc) is 3.23. The molecule has 0 aromatic heterocycles. The van der Waals surface area contributed by atoms with Crippen molar-refractivity contribution in [1.82, 2.24) is 20.4 Å². The van der Waals surface area contributed by atoms with E-state index in [-0.39, 0.29) is 47.2 Å². The normalized spacial score (nSPS) is 30.4. The topological polar surface area (TPSA) is 143 Å². The molecule has 0 saturated carbocycles. The third-order valence-corrected chi connectivity index (χ3v) is 7.59. The lowest BCUT2D eigenvalue weighted by Gasteiger charge is -2.47. The van der Waals surface area contributed by atoms with E-state index in [1.165, 1.54) is 21.6 Å². The summed E-state index contributed by atoms with van der Waals surface area (Å²) >= 11 is 1.42. The number of thioether (sulfide) groups is 1. The molecule has 3 aliphatic rings. The van der Waals surface area contributed by atoms with Crippen LogP contribution in [-0.2, 0) is 19.2 Å². The lowest BCUT2D eigenvalue weighted by atomic mass is 9.78. The number of carboxylic acids is 1. The van der Waals surface area contributed by atoms with Gasteiger partial charge in [-0.05, 0) is 13.3 Å². The van der Waals surface area contributed by atoms with Crippen molar-refractivity contribution in [3.63, 3.8) is 0 Å². The maximum atomic E-state index is 12.8. The van der Waals surface area contributed by atoms with E-state index in [4.69, 9.17) is 5.26 Å². The van der Waals surface area contributed by atoms with Gasteiger partial charge in [-0.3, -0.25) is 14.4 Å². The summed E-state index contributed by atoms with van der Waals surface area (Å²) in [6.07, 6.45) is 0.282. The molecule has 0 aliphatic carbocycles. The molecule has 0 bridgehead atoms. The van der Waals surface area contributed by atoms with E-state index < -0.39 is 23.8 Å². The standard InChI is InChI=1S/C20H27N5O5S/c1-9-15-14(10(2)23-13(26)5-6-21)19(28)25(15)16(20(29)30)17(9)31-11-7-12(22-8-11)18(27)24(3)4/h9-12,14-15,22H,5,7-8H2,1-4H3,(H,23,26)(H,29,30)/t9-,10-,11?,12?,14-,15+/m1/s1. The molecule has 0 spiro atoms. The minimum absolute atomic E-state index is 0.00156. The first-order valence-corrected chi connectivity index (χ1v) is 11.0. The van der Waals surface area contributed by atoms with E-state index in [9.17, 15) is 24.3 Å². The Morgan fingerprint density at radius 3 is 2.68 bits per heavy atom. The molecule has 31 heavy (non-hydrogen) atoms. The van der Waals surface area contributed by atoms with Crippen molar-refractivity contribution in [2.24, 2.45) is 11.8 Å². The lowest BCUT2D eigenvalue weighted by molar-refractivity contribution is -0.158. The van der Waals surface area contributed by atoms with Gasteiger partial charge in [0.15, 0.2) is 0 Å². The number of nitriles is 1. The van der Waals surface area contributed by atoms with Gasteiger partial charge in [0, 0.05) is 42.8 Å². The molecule has 2 saturated heterocycles. The molecule has 168 valence electrons. The molecule has 3 aliphatic heterocycles. The van der Waals surface area contributed by atoms with E-state index in [1.54, 1.807) is 27.1 Å². The Labute approximate surface area is 185 Å². The van der Waals surface area contributed by atoms with Crippen LogP contribution in [0.15, 0.2) is 10.6 Å². The summed E-state index contributed by atoms with van der Waals surface area (Å²) < 4.78 is 0. The molecular weight excluding hydrogens is 422 g/mol. The highest BCUT2D eigenvalue weighted by atomic mass is 32.2. The van der Waals surface area contributed by atoms with Gasteiger partial charge in [0.1, 0.15) is 12.1 Å². The number of aliphatic carboxylic acids is 1. The molecule has 2 fully saturated rings. The van der Waals surface area contributed by atoms with Crippen molar-refractivity contribution < 1.29 is 24.3 Å². The van der Waals surface area contributed by atoms with Gasteiger partial charge >= 0.3 is 5.97 Å². The number of carbonyl (C=O) groups excluding carboxylic acids is 3. The number of likely N-dealkylation sites (N-methyl/N-ethyl adjacent to an activating group) is 1. The van der Waals surface area contributed by atoms with Crippen molar-refractivity contribution in [3.8, 4) is 6.07 Å². The predicted molar refractivity (Wildman–Crippen MR) is 112 cm³/mol. The number of carbonyl (C=O) groups is 4. The summed E-state index contributed by atoms with van der Waals surface area (Å²) in [6, 6.07) is 0.604. The first-order valence-electron chi connectivity index (χ1n) is 10.2. The fourth-order valence-electron chi connectivity index (χ4n) is 4.64. The minimum Gasteiger partial charge on any atom is -0.477 e. The van der Waals surface area contributed by atoms with Crippen LogP contribution in [0.1, 0.15) is 26.7 Å². The van der Waals surface area contributed by atoms with E-state index in [2.05, 4.69) is 10.6 Å². The SMILES string of the molecule is C[C@@H](NC(=O)CC#N)[C@H]1C(=O)N2C(C(=O)O)=C(SC3CNC(C(=O)N(C)C)C3)[C@H](C)[C@@H]12. The summed E-state index contributed by atoms with van der Waals surface area (Å²) in [5, 5.41) is 24.4. The molecule has 11 heteroatoms. The summed E-state index contributed by atoms with van der Waals surface area (Å²) in [7, 11) is 3.39. The lowest BCUT2D eigenvalue weighted by Crippen LogP contribution is -2.66. The molecule has 3 amide bonds. The van der Waals surface area contributed by atoms with E-state index >= 15 is 0 Å². The van der Waals surface area contributed by atoms with Gasteiger partial charge in [0.05, 0.1) is 24.1 Å². The van der Waals surface area contributed by atoms with E-state index in [1.807, 2.05) is 6.92 Å². The second-order valence-corrected chi connectivity index (χ2v) is 9.73. The van der Waals surface area contributed by atoms with Gasteiger partial charge in [-0.15, -0.1) is 11.8 Å². The molecule has 3 heterocycles. The highest BCUT2D eigenvalue weighted by Gasteiger charge is 2.60. The molecule has 6 atom stereocenters. The van der Waals surface area contributed by atoms with Crippen LogP contribution in [-0.4, -0.2) is 82.6 Å². The number of β-lactam (4-membered cyclic amide) rings is 1. The Morgan fingerprint density at radius 2 is 2.10 bits per heavy atom. The Bertz CT molecular complexity index is 882. The summed E-state index contributed by atoms with van der Waals surface area (Å²) in [4.78, 5) is 52.3. The van der Waals surface area contributed by atoms with Crippen LogP contribution in [0.3, 0.4) is 0 Å². The second-order valence-electron chi connectivity index (χ2n) is 8.39. The number of amides is 3. The van der Waals surface area contributed by atoms with Gasteiger partial charge in [-0.1, -0.05) is 6.92 Å². The molecule has 3 N–H and O–H groups in total. The molecule has 0 aromatic carbocycles. The van der Waals surface area contributed by atoms with E-state index in [0.717, 1.165) is 0 Å². The van der Waals surface area contributed by atoms with Crippen LogP contribution >= 0.6 is 11.8 Å². The Balaban J connectivity index is 1.75. The van der Waals surface area contributed by atoms with Crippen LogP contribution in [0, 0.1) is 23.2 Å². The number of carboxylic acid groups (broad SMARTS) is 1. The van der Waals surface area contributed by atoms with Gasteiger partial charge in [-0.25, -0.2) is 4.79 Å². The maximum Gasteiger partial charge on any atom is 0.353 e. The van der Waals surface area contributed by atoms with Gasteiger partial charge in [0.25, 0.3) is 0 Å². The first kappa shape index (κ1) is 23.1. The van der Waals surface area contributed by atoms with Crippen LogP contribution in [0.5, 0.6) is 0 Å². The number of fused-ring (bicyclic) bond motifs is 1. The average molecular weight is 450 g/mol. The largest absolute Gasteiger partial charge is 0.477 e. The Morgan fingerprint density at radius 1 is 1.42 bits per heavy atom. The van der Waals surface area contributed by atoms with Crippen molar-refractivity contribution in [2.45, 2.75) is 50.1 Å². The quantitative estimate of drug-likeness (QED) is 0.451. The zero-order chi connectivity index (χ0) is 23.0. The van der Waals surface area contributed by atoms with Crippen LogP contribution < -0.4 is 10.6 Å². The summed E-state index contributed by atoms with van der Waals surface area (Å²) in [5.41, 5.74) is 0.00156. The van der Waals surface area contributed by atoms with Crippen LogP contribution in [0.4, 0.5) is 0 Å². The fourth-order valence-corrected chi connectivity index (χ4v) is 6.11. The maximum absolute atomic E-state index is 12.8. The van der Waals surface area contributed by atoms with Crippen LogP contribution in [0.25, 0.3) is 0 Å². The molecular formula is C20H27N5O5S. The van der Waals surface area contributed by atoms with Crippen molar-refractivity contribution in [3.05, 3.63) is 10.6 Å². The van der Waals surface area contributed by atoms with Crippen molar-refractivity contribution >= 4 is 35.5 Å². The minimum atomic E-state index is -1.16. The number of nitrogens with one attached hydrogen (secondary N) is 2. The number of nitrogens with zero attached hydrogens (tertiary/aromatic N) is 3. The third-order valence-electron chi connectivity index (χ3n) is 6.08. The molecule has 2 unspecified atom stereocenters. The highest BCUT2D eigenvalue weighted by molar-refractivity contribution is 8.03. The van der Waals surface area contributed by atoms with Crippen molar-refractivity contribution in [2.75, 3.05) is 20.6 Å². The van der Waals surface area contributed by atoms with Crippen LogP contribution in [0.2, 0.25) is 0 Å². The molecule has 0 radical (unpaired) electrons. The smallest absolute Gasteiger partial charge is 0.353 e. The van der Waals surface area contributed by atoms with Crippen molar-refractivity contribution in [1.29, 1.82) is 5.26 Å². The number of rotatable bonds is 7.